The van der Waals surface area contributed by atoms with E-state index in [0.29, 0.717) is 13.0 Å². The van der Waals surface area contributed by atoms with Crippen molar-refractivity contribution in [3.8, 4) is 11.8 Å². The summed E-state index contributed by atoms with van der Waals surface area (Å²) in [6, 6.07) is 8.41. The topological polar surface area (TPSA) is 45.0 Å². The molecule has 0 aliphatic heterocycles. The molecule has 1 N–H and O–H groups in total. The molecule has 19 heavy (non-hydrogen) atoms. The number of nitrogens with zero attached hydrogens (tertiary/aromatic N) is 1. The number of rotatable bonds is 7. The highest BCUT2D eigenvalue weighted by Gasteiger charge is 2.22. The molecule has 0 bridgehead atoms. The molecule has 1 unspecified atom stereocenters. The van der Waals surface area contributed by atoms with Gasteiger partial charge in [0.2, 0.25) is 0 Å². The van der Waals surface area contributed by atoms with Gasteiger partial charge in [-0.1, -0.05) is 13.0 Å². The Bertz CT molecular complexity index is 451. The third kappa shape index (κ3) is 4.92. The number of nitriles is 1. The first-order chi connectivity index (χ1) is 9.00. The highest BCUT2D eigenvalue weighted by Crippen LogP contribution is 2.17. The van der Waals surface area contributed by atoms with Gasteiger partial charge >= 0.3 is 0 Å². The van der Waals surface area contributed by atoms with Gasteiger partial charge in [0.15, 0.2) is 0 Å². The summed E-state index contributed by atoms with van der Waals surface area (Å²) in [4.78, 5) is 0. The number of ether oxygens (including phenoxy) is 1. The van der Waals surface area contributed by atoms with Crippen molar-refractivity contribution < 1.29 is 4.74 Å². The Balaban J connectivity index is 2.48. The standard InChI is InChI=1S/C16H24N2O/c1-5-9-18-16(4,12-17)8-10-19-15-7-6-13(2)14(3)11-15/h6-7,11,18H,5,8-10H2,1-4H3. The van der Waals surface area contributed by atoms with E-state index in [1.807, 2.05) is 19.1 Å². The Labute approximate surface area is 116 Å². The molecule has 1 aromatic rings. The van der Waals surface area contributed by atoms with Crippen molar-refractivity contribution in [3.05, 3.63) is 29.3 Å². The molecule has 3 nitrogen and oxygen atoms in total. The third-order valence-corrected chi connectivity index (χ3v) is 3.36. The van der Waals surface area contributed by atoms with Gasteiger partial charge in [0.05, 0.1) is 12.7 Å². The molecule has 0 aliphatic carbocycles. The first-order valence-corrected chi connectivity index (χ1v) is 6.87. The van der Waals surface area contributed by atoms with Gasteiger partial charge < -0.3 is 4.74 Å². The van der Waals surface area contributed by atoms with Crippen LogP contribution < -0.4 is 10.1 Å². The van der Waals surface area contributed by atoms with Crippen molar-refractivity contribution in [1.29, 1.82) is 5.26 Å². The fraction of sp³-hybridized carbons (Fsp3) is 0.562. The third-order valence-electron chi connectivity index (χ3n) is 3.36. The summed E-state index contributed by atoms with van der Waals surface area (Å²) < 4.78 is 5.73. The second kappa shape index (κ2) is 7.16. The molecule has 1 rings (SSSR count). The van der Waals surface area contributed by atoms with Crippen LogP contribution in [0.3, 0.4) is 0 Å². The van der Waals surface area contributed by atoms with Gasteiger partial charge in [-0.25, -0.2) is 0 Å². The zero-order valence-electron chi connectivity index (χ0n) is 12.4. The first-order valence-electron chi connectivity index (χ1n) is 6.87. The Morgan fingerprint density at radius 2 is 2.05 bits per heavy atom. The van der Waals surface area contributed by atoms with Crippen molar-refractivity contribution in [2.24, 2.45) is 0 Å². The van der Waals surface area contributed by atoms with Gasteiger partial charge in [-0.15, -0.1) is 0 Å². The van der Waals surface area contributed by atoms with Crippen LogP contribution in [-0.2, 0) is 0 Å². The number of aryl methyl sites for hydroxylation is 2. The van der Waals surface area contributed by atoms with Crippen LogP contribution in [0.4, 0.5) is 0 Å². The van der Waals surface area contributed by atoms with Crippen LogP contribution in [0.25, 0.3) is 0 Å². The second-order valence-corrected chi connectivity index (χ2v) is 5.22. The maximum absolute atomic E-state index is 9.22. The van der Waals surface area contributed by atoms with Crippen LogP contribution in [0.15, 0.2) is 18.2 Å². The number of hydrogen-bond donors (Lipinski definition) is 1. The highest BCUT2D eigenvalue weighted by atomic mass is 16.5. The van der Waals surface area contributed by atoms with E-state index in [-0.39, 0.29) is 0 Å². The molecule has 0 spiro atoms. The molecule has 3 heteroatoms. The Morgan fingerprint density at radius 1 is 1.32 bits per heavy atom. The molecule has 0 aromatic heterocycles. The van der Waals surface area contributed by atoms with E-state index in [9.17, 15) is 5.26 Å². The van der Waals surface area contributed by atoms with E-state index in [1.165, 1.54) is 11.1 Å². The van der Waals surface area contributed by atoms with Crippen molar-refractivity contribution in [1.82, 2.24) is 5.32 Å². The van der Waals surface area contributed by atoms with Gasteiger partial charge in [0.1, 0.15) is 11.3 Å². The quantitative estimate of drug-likeness (QED) is 0.817. The minimum absolute atomic E-state index is 0.504. The average molecular weight is 260 g/mol. The smallest absolute Gasteiger partial charge is 0.119 e. The summed E-state index contributed by atoms with van der Waals surface area (Å²) in [7, 11) is 0. The molecule has 1 atom stereocenters. The fourth-order valence-corrected chi connectivity index (χ4v) is 1.76. The van der Waals surface area contributed by atoms with E-state index in [0.717, 1.165) is 18.7 Å². The monoisotopic (exact) mass is 260 g/mol. The lowest BCUT2D eigenvalue weighted by atomic mass is 10.0. The molecule has 0 saturated heterocycles. The summed E-state index contributed by atoms with van der Waals surface area (Å²) >= 11 is 0. The van der Waals surface area contributed by atoms with E-state index >= 15 is 0 Å². The van der Waals surface area contributed by atoms with E-state index in [4.69, 9.17) is 4.74 Å². The van der Waals surface area contributed by atoms with Crippen LogP contribution in [0, 0.1) is 25.2 Å². The number of nitrogens with one attached hydrogen (secondary N) is 1. The molecule has 0 aliphatic rings. The molecule has 0 radical (unpaired) electrons. The van der Waals surface area contributed by atoms with E-state index in [2.05, 4.69) is 38.2 Å². The minimum Gasteiger partial charge on any atom is -0.493 e. The summed E-state index contributed by atoms with van der Waals surface area (Å²) in [5, 5.41) is 12.5. The Kier molecular flexibility index (Phi) is 5.85. The second-order valence-electron chi connectivity index (χ2n) is 5.22. The summed E-state index contributed by atoms with van der Waals surface area (Å²) in [6.07, 6.45) is 1.70. The summed E-state index contributed by atoms with van der Waals surface area (Å²) in [6.45, 7) is 9.57. The van der Waals surface area contributed by atoms with Crippen LogP contribution in [-0.4, -0.2) is 18.7 Å². The van der Waals surface area contributed by atoms with E-state index < -0.39 is 5.54 Å². The van der Waals surface area contributed by atoms with Gasteiger partial charge in [-0.2, -0.15) is 5.26 Å². The molecule has 0 heterocycles. The normalized spacial score (nSPS) is 13.6. The SMILES string of the molecule is CCCNC(C)(C#N)CCOc1ccc(C)c(C)c1. The summed E-state index contributed by atoms with van der Waals surface area (Å²) in [5.74, 6) is 0.874. The molecule has 0 fully saturated rings. The lowest BCUT2D eigenvalue weighted by Crippen LogP contribution is -2.42. The predicted molar refractivity (Wildman–Crippen MR) is 78.3 cm³/mol. The molecule has 1 aromatic carbocycles. The van der Waals surface area contributed by atoms with Gasteiger partial charge in [0, 0.05) is 6.42 Å². The minimum atomic E-state index is -0.504. The van der Waals surface area contributed by atoms with Crippen molar-refractivity contribution in [2.75, 3.05) is 13.2 Å². The van der Waals surface area contributed by atoms with Crippen molar-refractivity contribution in [2.45, 2.75) is 46.1 Å². The maximum atomic E-state index is 9.22. The highest BCUT2D eigenvalue weighted by molar-refractivity contribution is 5.33. The zero-order chi connectivity index (χ0) is 14.3. The molecule has 0 amide bonds. The van der Waals surface area contributed by atoms with Gasteiger partial charge in [0.25, 0.3) is 0 Å². The maximum Gasteiger partial charge on any atom is 0.119 e. The summed E-state index contributed by atoms with van der Waals surface area (Å²) in [5.41, 5.74) is 1.99. The van der Waals surface area contributed by atoms with Crippen LogP contribution >= 0.6 is 0 Å². The van der Waals surface area contributed by atoms with Crippen molar-refractivity contribution >= 4 is 0 Å². The number of hydrogen-bond acceptors (Lipinski definition) is 3. The predicted octanol–water partition coefficient (Wildman–Crippen LogP) is 3.35. The lowest BCUT2D eigenvalue weighted by Gasteiger charge is -2.23. The van der Waals surface area contributed by atoms with Crippen LogP contribution in [0.1, 0.15) is 37.8 Å². The Hall–Kier alpha value is -1.53. The Morgan fingerprint density at radius 3 is 2.63 bits per heavy atom. The van der Waals surface area contributed by atoms with Gasteiger partial charge in [-0.05, 0) is 57.0 Å². The average Bonchev–Trinajstić information content (AvgIpc) is 2.40. The van der Waals surface area contributed by atoms with Crippen LogP contribution in [0.2, 0.25) is 0 Å². The molecular weight excluding hydrogens is 236 g/mol. The van der Waals surface area contributed by atoms with Crippen molar-refractivity contribution in [3.63, 3.8) is 0 Å². The fourth-order valence-electron chi connectivity index (χ4n) is 1.76. The van der Waals surface area contributed by atoms with E-state index in [1.54, 1.807) is 0 Å². The lowest BCUT2D eigenvalue weighted by molar-refractivity contribution is 0.267. The largest absolute Gasteiger partial charge is 0.493 e. The molecule has 104 valence electrons. The number of benzene rings is 1. The molecule has 0 saturated carbocycles. The first kappa shape index (κ1) is 15.5. The van der Waals surface area contributed by atoms with Crippen LogP contribution in [0.5, 0.6) is 5.75 Å². The zero-order valence-corrected chi connectivity index (χ0v) is 12.4. The van der Waals surface area contributed by atoms with Gasteiger partial charge in [-0.3, -0.25) is 5.32 Å². The molecular formula is C16H24N2O.